The molecule has 18 heavy (non-hydrogen) atoms. The van der Waals surface area contributed by atoms with Crippen LogP contribution in [-0.4, -0.2) is 46.7 Å². The van der Waals surface area contributed by atoms with Crippen molar-refractivity contribution < 1.29 is 0 Å². The fraction of sp³-hybridized carbons (Fsp3) is 0.786. The Morgan fingerprint density at radius 3 is 3.00 bits per heavy atom. The lowest BCUT2D eigenvalue weighted by atomic mass is 9.98. The highest BCUT2D eigenvalue weighted by Gasteiger charge is 2.19. The Hall–Kier alpha value is -0.870. The number of hydrogen-bond donors (Lipinski definition) is 1. The Morgan fingerprint density at radius 2 is 2.28 bits per heavy atom. The molecular formula is C14H26N4. The van der Waals surface area contributed by atoms with Gasteiger partial charge in [0.2, 0.25) is 0 Å². The van der Waals surface area contributed by atoms with Gasteiger partial charge in [0, 0.05) is 38.1 Å². The number of nitrogens with zero attached hydrogens (tertiary/aromatic N) is 3. The summed E-state index contributed by atoms with van der Waals surface area (Å²) < 4.78 is 2.16. The lowest BCUT2D eigenvalue weighted by molar-refractivity contribution is 0.165. The van der Waals surface area contributed by atoms with Crippen molar-refractivity contribution in [2.45, 2.75) is 39.3 Å². The highest BCUT2D eigenvalue weighted by atomic mass is 15.2. The van der Waals surface area contributed by atoms with Crippen LogP contribution in [-0.2, 0) is 6.54 Å². The molecule has 1 aromatic rings. The van der Waals surface area contributed by atoms with Crippen LogP contribution < -0.4 is 5.32 Å². The third-order valence-corrected chi connectivity index (χ3v) is 3.65. The minimum Gasteiger partial charge on any atom is -0.336 e. The first-order valence-electron chi connectivity index (χ1n) is 7.15. The quantitative estimate of drug-likeness (QED) is 0.832. The molecule has 102 valence electrons. The van der Waals surface area contributed by atoms with Crippen LogP contribution in [0.15, 0.2) is 18.7 Å². The predicted octanol–water partition coefficient (Wildman–Crippen LogP) is 1.59. The largest absolute Gasteiger partial charge is 0.336 e. The van der Waals surface area contributed by atoms with Gasteiger partial charge < -0.3 is 14.8 Å². The molecular weight excluding hydrogens is 224 g/mol. The summed E-state index contributed by atoms with van der Waals surface area (Å²) in [6.45, 7) is 10.3. The minimum absolute atomic E-state index is 0.603. The first-order valence-corrected chi connectivity index (χ1v) is 7.15. The van der Waals surface area contributed by atoms with Crippen LogP contribution in [0.25, 0.3) is 0 Å². The summed E-state index contributed by atoms with van der Waals surface area (Å²) in [6, 6.07) is 0.603. The van der Waals surface area contributed by atoms with Crippen molar-refractivity contribution in [3.05, 3.63) is 18.7 Å². The Balaban J connectivity index is 1.69. The molecule has 2 rings (SSSR count). The molecule has 2 heterocycles. The van der Waals surface area contributed by atoms with E-state index in [1.54, 1.807) is 0 Å². The van der Waals surface area contributed by atoms with Crippen LogP contribution in [0, 0.1) is 5.92 Å². The van der Waals surface area contributed by atoms with Crippen molar-refractivity contribution >= 4 is 0 Å². The molecule has 0 saturated carbocycles. The molecule has 1 fully saturated rings. The third kappa shape index (κ3) is 4.42. The van der Waals surface area contributed by atoms with Gasteiger partial charge in [-0.25, -0.2) is 4.98 Å². The molecule has 0 aromatic carbocycles. The van der Waals surface area contributed by atoms with Gasteiger partial charge >= 0.3 is 0 Å². The second kappa shape index (κ2) is 6.90. The first kappa shape index (κ1) is 13.6. The van der Waals surface area contributed by atoms with Crippen molar-refractivity contribution in [3.8, 4) is 0 Å². The summed E-state index contributed by atoms with van der Waals surface area (Å²) in [7, 11) is 0. The highest BCUT2D eigenvalue weighted by molar-refractivity contribution is 4.78. The Morgan fingerprint density at radius 1 is 1.39 bits per heavy atom. The minimum atomic E-state index is 0.603. The molecule has 1 atom stereocenters. The van der Waals surface area contributed by atoms with E-state index in [9.17, 15) is 0 Å². The van der Waals surface area contributed by atoms with E-state index in [1.165, 1.54) is 32.5 Å². The van der Waals surface area contributed by atoms with Gasteiger partial charge in [0.15, 0.2) is 0 Å². The fourth-order valence-corrected chi connectivity index (χ4v) is 2.60. The van der Waals surface area contributed by atoms with Crippen molar-refractivity contribution in [2.75, 3.05) is 26.2 Å². The molecule has 4 nitrogen and oxygen atoms in total. The van der Waals surface area contributed by atoms with Gasteiger partial charge in [0.05, 0.1) is 6.33 Å². The van der Waals surface area contributed by atoms with Gasteiger partial charge in [-0.1, -0.05) is 13.8 Å². The zero-order chi connectivity index (χ0) is 12.8. The molecule has 4 heteroatoms. The van der Waals surface area contributed by atoms with Crippen LogP contribution >= 0.6 is 0 Å². The average molecular weight is 250 g/mol. The summed E-state index contributed by atoms with van der Waals surface area (Å²) in [4.78, 5) is 6.68. The van der Waals surface area contributed by atoms with E-state index >= 15 is 0 Å². The van der Waals surface area contributed by atoms with E-state index in [0.29, 0.717) is 6.04 Å². The zero-order valence-electron chi connectivity index (χ0n) is 11.7. The molecule has 0 radical (unpaired) electrons. The molecule has 0 bridgehead atoms. The second-order valence-corrected chi connectivity index (χ2v) is 5.67. The number of piperidine rings is 1. The number of likely N-dealkylation sites (tertiary alicyclic amines) is 1. The van der Waals surface area contributed by atoms with E-state index in [1.807, 2.05) is 18.7 Å². The van der Waals surface area contributed by atoms with Gasteiger partial charge in [0.1, 0.15) is 0 Å². The lowest BCUT2D eigenvalue weighted by Crippen LogP contribution is -2.42. The van der Waals surface area contributed by atoms with E-state index in [0.717, 1.165) is 19.0 Å². The van der Waals surface area contributed by atoms with Crippen molar-refractivity contribution in [3.63, 3.8) is 0 Å². The third-order valence-electron chi connectivity index (χ3n) is 3.65. The Kier molecular flexibility index (Phi) is 5.20. The summed E-state index contributed by atoms with van der Waals surface area (Å²) in [5.74, 6) is 0.823. The normalized spacial score (nSPS) is 21.6. The van der Waals surface area contributed by atoms with Crippen LogP contribution in [0.5, 0.6) is 0 Å². The molecule has 1 aromatic heterocycles. The maximum atomic E-state index is 4.08. The highest BCUT2D eigenvalue weighted by Crippen LogP contribution is 2.15. The smallest absolute Gasteiger partial charge is 0.0946 e. The van der Waals surface area contributed by atoms with E-state index in [2.05, 4.69) is 33.6 Å². The Bertz CT molecular complexity index is 321. The summed E-state index contributed by atoms with van der Waals surface area (Å²) in [5.41, 5.74) is 0. The van der Waals surface area contributed by atoms with E-state index < -0.39 is 0 Å². The summed E-state index contributed by atoms with van der Waals surface area (Å²) >= 11 is 0. The molecule has 1 N–H and O–H groups in total. The predicted molar refractivity (Wildman–Crippen MR) is 74.5 cm³/mol. The number of hydrogen-bond acceptors (Lipinski definition) is 3. The van der Waals surface area contributed by atoms with Gasteiger partial charge in [-0.15, -0.1) is 0 Å². The van der Waals surface area contributed by atoms with Crippen molar-refractivity contribution in [1.29, 1.82) is 0 Å². The second-order valence-electron chi connectivity index (χ2n) is 5.67. The Labute approximate surface area is 110 Å². The zero-order valence-corrected chi connectivity index (χ0v) is 11.7. The van der Waals surface area contributed by atoms with Gasteiger partial charge in [-0.2, -0.15) is 0 Å². The van der Waals surface area contributed by atoms with E-state index in [4.69, 9.17) is 0 Å². The number of rotatable bonds is 6. The van der Waals surface area contributed by atoms with Crippen LogP contribution in [0.2, 0.25) is 0 Å². The molecule has 1 aliphatic heterocycles. The topological polar surface area (TPSA) is 33.1 Å². The molecule has 0 amide bonds. The monoisotopic (exact) mass is 250 g/mol. The maximum Gasteiger partial charge on any atom is 0.0946 e. The SMILES string of the molecule is CC(C)NCC1CCCN(CCn2ccnc2)C1. The van der Waals surface area contributed by atoms with Gasteiger partial charge in [0.25, 0.3) is 0 Å². The maximum absolute atomic E-state index is 4.08. The van der Waals surface area contributed by atoms with Crippen LogP contribution in [0.3, 0.4) is 0 Å². The van der Waals surface area contributed by atoms with Crippen LogP contribution in [0.1, 0.15) is 26.7 Å². The van der Waals surface area contributed by atoms with Gasteiger partial charge in [-0.05, 0) is 31.8 Å². The standard InChI is InChI=1S/C14H26N4/c1-13(2)16-10-14-4-3-6-17(11-14)8-9-18-7-5-15-12-18/h5,7,12-14,16H,3-4,6,8-11H2,1-2H3. The molecule has 0 spiro atoms. The van der Waals surface area contributed by atoms with Crippen molar-refractivity contribution in [1.82, 2.24) is 19.8 Å². The molecule has 1 unspecified atom stereocenters. The number of imidazole rings is 1. The fourth-order valence-electron chi connectivity index (χ4n) is 2.60. The number of aromatic nitrogens is 2. The van der Waals surface area contributed by atoms with Gasteiger partial charge in [-0.3, -0.25) is 0 Å². The molecule has 1 aliphatic rings. The average Bonchev–Trinajstić information content (AvgIpc) is 2.87. The van der Waals surface area contributed by atoms with Crippen LogP contribution in [0.4, 0.5) is 0 Å². The number of nitrogens with one attached hydrogen (secondary N) is 1. The first-order chi connectivity index (χ1) is 8.74. The summed E-state index contributed by atoms with van der Waals surface area (Å²) in [5, 5.41) is 3.56. The van der Waals surface area contributed by atoms with Crippen molar-refractivity contribution in [2.24, 2.45) is 5.92 Å². The molecule has 1 saturated heterocycles. The lowest BCUT2D eigenvalue weighted by Gasteiger charge is -2.33. The summed E-state index contributed by atoms with van der Waals surface area (Å²) in [6.07, 6.45) is 8.52. The molecule has 0 aliphatic carbocycles. The van der Waals surface area contributed by atoms with E-state index in [-0.39, 0.29) is 0 Å².